The molecule has 2 aromatic rings. The van der Waals surface area contributed by atoms with Crippen LogP contribution in [0.1, 0.15) is 16.1 Å². The van der Waals surface area contributed by atoms with Crippen LogP contribution in [0.4, 0.5) is 10.8 Å². The van der Waals surface area contributed by atoms with Crippen molar-refractivity contribution in [2.24, 2.45) is 0 Å². The van der Waals surface area contributed by atoms with Crippen LogP contribution in [0, 0.1) is 20.8 Å². The molecule has 21 heavy (non-hydrogen) atoms. The number of amides is 2. The zero-order chi connectivity index (χ0) is 15.6. The third kappa shape index (κ3) is 3.57. The first kappa shape index (κ1) is 15.0. The van der Waals surface area contributed by atoms with Crippen molar-refractivity contribution in [2.75, 3.05) is 10.6 Å². The molecule has 0 aliphatic heterocycles. The summed E-state index contributed by atoms with van der Waals surface area (Å²) in [7, 11) is 0. The lowest BCUT2D eigenvalue weighted by Crippen LogP contribution is -2.29. The summed E-state index contributed by atoms with van der Waals surface area (Å²) in [6, 6.07) is 4.47. The van der Waals surface area contributed by atoms with E-state index in [-0.39, 0.29) is 5.75 Å². The van der Waals surface area contributed by atoms with Crippen molar-refractivity contribution in [3.8, 4) is 5.75 Å². The maximum absolute atomic E-state index is 11.8. The van der Waals surface area contributed by atoms with Gasteiger partial charge in [0.2, 0.25) is 0 Å². The Labute approximate surface area is 125 Å². The molecule has 0 aliphatic rings. The zero-order valence-corrected chi connectivity index (χ0v) is 12.7. The number of hydrogen-bond acceptors (Lipinski definition) is 5. The number of benzene rings is 1. The maximum Gasteiger partial charge on any atom is 0.315 e. The van der Waals surface area contributed by atoms with Crippen LogP contribution >= 0.6 is 11.3 Å². The number of phenolic OH excluding ortho intramolecular Hbond substituents is 1. The van der Waals surface area contributed by atoms with Crippen molar-refractivity contribution in [1.82, 2.24) is 4.98 Å². The summed E-state index contributed by atoms with van der Waals surface area (Å²) in [5, 5.41) is 14.7. The van der Waals surface area contributed by atoms with Crippen LogP contribution in [0.5, 0.6) is 5.75 Å². The number of aromatic hydroxyl groups is 1. The minimum Gasteiger partial charge on any atom is -0.508 e. The topological polar surface area (TPSA) is 91.3 Å². The number of nitrogens with zero attached hydrogens (tertiary/aromatic N) is 1. The summed E-state index contributed by atoms with van der Waals surface area (Å²) in [4.78, 5) is 28.8. The Morgan fingerprint density at radius 3 is 2.38 bits per heavy atom. The Bertz CT molecular complexity index is 690. The van der Waals surface area contributed by atoms with Crippen molar-refractivity contribution in [3.63, 3.8) is 0 Å². The minimum atomic E-state index is -0.783. The van der Waals surface area contributed by atoms with Crippen LogP contribution in [0.2, 0.25) is 0 Å². The van der Waals surface area contributed by atoms with Gasteiger partial charge >= 0.3 is 11.8 Å². The van der Waals surface area contributed by atoms with Gasteiger partial charge in [-0.1, -0.05) is 0 Å². The smallest absolute Gasteiger partial charge is 0.315 e. The van der Waals surface area contributed by atoms with Crippen LogP contribution < -0.4 is 10.6 Å². The number of carbonyl (C=O) groups excluding carboxylic acids is 2. The first-order valence-corrected chi connectivity index (χ1v) is 7.04. The lowest BCUT2D eigenvalue weighted by atomic mass is 10.2. The summed E-state index contributed by atoms with van der Waals surface area (Å²) >= 11 is 1.32. The van der Waals surface area contributed by atoms with Gasteiger partial charge in [0, 0.05) is 10.6 Å². The Balaban J connectivity index is 2.04. The van der Waals surface area contributed by atoms with Crippen LogP contribution in [0.15, 0.2) is 18.2 Å². The summed E-state index contributed by atoms with van der Waals surface area (Å²) in [5.74, 6) is -1.46. The van der Waals surface area contributed by atoms with E-state index < -0.39 is 11.8 Å². The number of aromatic nitrogens is 1. The number of carbonyl (C=O) groups is 2. The highest BCUT2D eigenvalue weighted by atomic mass is 32.1. The van der Waals surface area contributed by atoms with Crippen LogP contribution in [0.3, 0.4) is 0 Å². The molecule has 0 unspecified atom stereocenters. The summed E-state index contributed by atoms with van der Waals surface area (Å²) in [6.07, 6.45) is 0. The molecule has 0 bridgehead atoms. The monoisotopic (exact) mass is 305 g/mol. The third-order valence-electron chi connectivity index (χ3n) is 2.91. The van der Waals surface area contributed by atoms with Crippen LogP contribution in [-0.4, -0.2) is 21.9 Å². The van der Waals surface area contributed by atoms with Gasteiger partial charge in [-0.05, 0) is 44.5 Å². The molecule has 2 amide bonds. The first-order valence-electron chi connectivity index (χ1n) is 6.23. The molecular formula is C14H15N3O3S. The van der Waals surface area contributed by atoms with Gasteiger partial charge in [0.05, 0.1) is 5.69 Å². The third-order valence-corrected chi connectivity index (χ3v) is 3.90. The average molecular weight is 305 g/mol. The Morgan fingerprint density at radius 2 is 1.81 bits per heavy atom. The van der Waals surface area contributed by atoms with E-state index in [0.29, 0.717) is 16.4 Å². The molecular weight excluding hydrogens is 290 g/mol. The molecule has 0 spiro atoms. The second-order valence-corrected chi connectivity index (χ2v) is 5.77. The highest BCUT2D eigenvalue weighted by molar-refractivity contribution is 7.15. The molecule has 7 heteroatoms. The van der Waals surface area contributed by atoms with Crippen molar-refractivity contribution in [2.45, 2.75) is 20.8 Å². The molecule has 0 saturated heterocycles. The SMILES string of the molecule is Cc1cc(O)ccc1NC(=O)C(=O)Nc1nc(C)c(C)s1. The van der Waals surface area contributed by atoms with E-state index in [4.69, 9.17) is 0 Å². The van der Waals surface area contributed by atoms with Gasteiger partial charge in [-0.3, -0.25) is 14.9 Å². The number of hydrogen-bond donors (Lipinski definition) is 3. The molecule has 0 saturated carbocycles. The largest absolute Gasteiger partial charge is 0.508 e. The molecule has 1 aromatic carbocycles. The quantitative estimate of drug-likeness (QED) is 0.586. The minimum absolute atomic E-state index is 0.101. The van der Waals surface area contributed by atoms with Gasteiger partial charge in [-0.25, -0.2) is 4.98 Å². The Kier molecular flexibility index (Phi) is 4.23. The van der Waals surface area contributed by atoms with Crippen molar-refractivity contribution < 1.29 is 14.7 Å². The van der Waals surface area contributed by atoms with Gasteiger partial charge in [-0.15, -0.1) is 11.3 Å². The fourth-order valence-electron chi connectivity index (χ4n) is 1.65. The van der Waals surface area contributed by atoms with E-state index >= 15 is 0 Å². The number of aryl methyl sites for hydroxylation is 3. The Morgan fingerprint density at radius 1 is 1.14 bits per heavy atom. The predicted molar refractivity (Wildman–Crippen MR) is 81.7 cm³/mol. The van der Waals surface area contributed by atoms with E-state index in [1.807, 2.05) is 13.8 Å². The van der Waals surface area contributed by atoms with Crippen molar-refractivity contribution >= 4 is 34.0 Å². The lowest BCUT2D eigenvalue weighted by Gasteiger charge is -2.08. The number of rotatable bonds is 2. The molecule has 6 nitrogen and oxygen atoms in total. The summed E-state index contributed by atoms with van der Waals surface area (Å²) in [6.45, 7) is 5.45. The van der Waals surface area contributed by atoms with Crippen molar-refractivity contribution in [3.05, 3.63) is 34.3 Å². The number of thiazole rings is 1. The zero-order valence-electron chi connectivity index (χ0n) is 11.9. The van der Waals surface area contributed by atoms with E-state index in [2.05, 4.69) is 15.6 Å². The highest BCUT2D eigenvalue weighted by Crippen LogP contribution is 2.22. The first-order chi connectivity index (χ1) is 9.86. The van der Waals surface area contributed by atoms with Gasteiger partial charge in [-0.2, -0.15) is 0 Å². The molecule has 2 rings (SSSR count). The number of anilines is 2. The molecule has 1 heterocycles. The van der Waals surface area contributed by atoms with E-state index in [9.17, 15) is 14.7 Å². The lowest BCUT2D eigenvalue weighted by molar-refractivity contribution is -0.133. The van der Waals surface area contributed by atoms with E-state index in [0.717, 1.165) is 10.6 Å². The molecule has 0 fully saturated rings. The molecule has 3 N–H and O–H groups in total. The fraction of sp³-hybridized carbons (Fsp3) is 0.214. The fourth-order valence-corrected chi connectivity index (χ4v) is 2.46. The van der Waals surface area contributed by atoms with Crippen molar-refractivity contribution in [1.29, 1.82) is 0 Å². The standard InChI is InChI=1S/C14H15N3O3S/c1-7-6-10(18)4-5-11(7)16-12(19)13(20)17-14-15-8(2)9(3)21-14/h4-6,18H,1-3H3,(H,16,19)(H,15,17,20). The predicted octanol–water partition coefficient (Wildman–Crippen LogP) is 2.35. The number of nitrogens with one attached hydrogen (secondary N) is 2. The summed E-state index contributed by atoms with van der Waals surface area (Å²) in [5.41, 5.74) is 1.96. The highest BCUT2D eigenvalue weighted by Gasteiger charge is 2.17. The molecule has 0 atom stereocenters. The maximum atomic E-state index is 11.8. The Hall–Kier alpha value is -2.41. The molecule has 110 valence electrons. The van der Waals surface area contributed by atoms with E-state index in [1.54, 1.807) is 6.92 Å². The van der Waals surface area contributed by atoms with Gasteiger partial charge < -0.3 is 10.4 Å². The van der Waals surface area contributed by atoms with Crippen LogP contribution in [0.25, 0.3) is 0 Å². The van der Waals surface area contributed by atoms with Crippen LogP contribution in [-0.2, 0) is 9.59 Å². The van der Waals surface area contributed by atoms with Gasteiger partial charge in [0.15, 0.2) is 5.13 Å². The number of phenols is 1. The molecule has 1 aromatic heterocycles. The van der Waals surface area contributed by atoms with E-state index in [1.165, 1.54) is 29.5 Å². The van der Waals surface area contributed by atoms with Gasteiger partial charge in [0.1, 0.15) is 5.75 Å². The summed E-state index contributed by atoms with van der Waals surface area (Å²) < 4.78 is 0. The second kappa shape index (κ2) is 5.92. The molecule has 0 aliphatic carbocycles. The molecule has 0 radical (unpaired) electrons. The second-order valence-electron chi connectivity index (χ2n) is 4.57. The van der Waals surface area contributed by atoms with Gasteiger partial charge in [0.25, 0.3) is 0 Å². The normalized spacial score (nSPS) is 10.2. The average Bonchev–Trinajstić information content (AvgIpc) is 2.71.